The molecule has 0 bridgehead atoms. The van der Waals surface area contributed by atoms with Gasteiger partial charge in [-0.2, -0.15) is 0 Å². The summed E-state index contributed by atoms with van der Waals surface area (Å²) in [5, 5.41) is 0. The van der Waals surface area contributed by atoms with E-state index in [-0.39, 0.29) is 68.9 Å². The Morgan fingerprint density at radius 2 is 1.00 bits per heavy atom. The van der Waals surface area contributed by atoms with Gasteiger partial charge in [-0.15, -0.1) is 0 Å². The molecule has 0 amide bonds. The Hall–Kier alpha value is 3.72. The van der Waals surface area contributed by atoms with Crippen LogP contribution >= 0.6 is 26.8 Å². The standard InChI is InChI=1S/3ClH.Cs.Sn/h3*1H;;/q;;;;+3/p-3. The molecule has 0 aromatic rings. The second-order valence-corrected chi connectivity index (χ2v) is 12.9. The van der Waals surface area contributed by atoms with Gasteiger partial charge < -0.3 is 0 Å². The molecule has 0 heterocycles. The van der Waals surface area contributed by atoms with E-state index in [1.54, 1.807) is 0 Å². The molecule has 0 unspecified atom stereocenters. The molecule has 5 heavy (non-hydrogen) atoms. The minimum Gasteiger partial charge on any atom is 0 e. The molecule has 0 saturated carbocycles. The fourth-order valence-electron chi connectivity index (χ4n) is 0. The van der Waals surface area contributed by atoms with Gasteiger partial charge in [-0.25, -0.2) is 0 Å². The van der Waals surface area contributed by atoms with E-state index in [4.69, 9.17) is 26.8 Å². The summed E-state index contributed by atoms with van der Waals surface area (Å²) in [7, 11) is 15.0. The molecule has 0 aromatic heterocycles. The van der Waals surface area contributed by atoms with Crippen LogP contribution in [0.1, 0.15) is 0 Å². The van der Waals surface area contributed by atoms with E-state index in [0.29, 0.717) is 0 Å². The third-order valence-corrected chi connectivity index (χ3v) is 0. The Morgan fingerprint density at radius 1 is 1.00 bits per heavy atom. The van der Waals surface area contributed by atoms with Crippen molar-refractivity contribution in [3.63, 3.8) is 0 Å². The molecule has 0 atom stereocenters. The molecular weight excluding hydrogens is 358 g/mol. The van der Waals surface area contributed by atoms with Gasteiger partial charge in [0.15, 0.2) is 0 Å². The largest absolute Gasteiger partial charge is 0 e. The van der Waals surface area contributed by atoms with Crippen molar-refractivity contribution in [1.82, 2.24) is 0 Å². The van der Waals surface area contributed by atoms with Crippen LogP contribution in [0.5, 0.6) is 0 Å². The molecule has 26 valence electrons. The topological polar surface area (TPSA) is 0 Å². The molecule has 5 heteroatoms. The third-order valence-electron chi connectivity index (χ3n) is 0. The Bertz CT molecular complexity index is 11.6. The van der Waals surface area contributed by atoms with Crippen molar-refractivity contribution in [2.45, 2.75) is 0 Å². The van der Waals surface area contributed by atoms with Gasteiger partial charge in [-0.1, -0.05) is 0 Å². The average molecular weight is 358 g/mol. The van der Waals surface area contributed by atoms with Crippen LogP contribution in [-0.4, -0.2) is 85.3 Å². The third kappa shape index (κ3) is 18.3. The zero-order valence-corrected chi connectivity index (χ0v) is 14.0. The van der Waals surface area contributed by atoms with Gasteiger partial charge in [-0.05, 0) is 0 Å². The maximum atomic E-state index is 5.00. The average Bonchev–Trinajstić information content (AvgIpc) is 0.811. The molecule has 0 saturated heterocycles. The van der Waals surface area contributed by atoms with Crippen LogP contribution in [0, 0.1) is 0 Å². The zero-order valence-electron chi connectivity index (χ0n) is 2.63. The maximum absolute atomic E-state index is 5.00. The summed E-state index contributed by atoms with van der Waals surface area (Å²) >= 11 is -2.13. The second kappa shape index (κ2) is 7.72. The van der Waals surface area contributed by atoms with Crippen LogP contribution in [0.25, 0.3) is 0 Å². The normalized spacial score (nSPS) is 7.20. The van der Waals surface area contributed by atoms with Gasteiger partial charge in [-0.3, -0.25) is 0 Å². The van der Waals surface area contributed by atoms with E-state index in [1.807, 2.05) is 0 Å². The summed E-state index contributed by atoms with van der Waals surface area (Å²) in [4.78, 5) is 0. The van der Waals surface area contributed by atoms with E-state index in [1.165, 1.54) is 0 Å². The molecule has 0 spiro atoms. The van der Waals surface area contributed by atoms with E-state index in [2.05, 4.69) is 0 Å². The van der Waals surface area contributed by atoms with Crippen molar-refractivity contribution in [2.75, 3.05) is 0 Å². The Kier molecular flexibility index (Phi) is 17.8. The van der Waals surface area contributed by atoms with Crippen molar-refractivity contribution in [2.24, 2.45) is 0 Å². The predicted molar refractivity (Wildman–Crippen MR) is 29.1 cm³/mol. The monoisotopic (exact) mass is 358 g/mol. The van der Waals surface area contributed by atoms with Gasteiger partial charge in [0, 0.05) is 68.9 Å². The van der Waals surface area contributed by atoms with Crippen LogP contribution in [0.3, 0.4) is 0 Å². The first-order valence-electron chi connectivity index (χ1n) is 0.567. The van der Waals surface area contributed by atoms with Gasteiger partial charge in [0.1, 0.15) is 0 Å². The maximum Gasteiger partial charge on any atom is 0 e. The van der Waals surface area contributed by atoms with Crippen LogP contribution in [0.15, 0.2) is 0 Å². The number of halogens is 3. The van der Waals surface area contributed by atoms with Gasteiger partial charge >= 0.3 is 43.1 Å². The smallest absolute Gasteiger partial charge is 0 e. The zero-order chi connectivity index (χ0) is 3.58. The van der Waals surface area contributed by atoms with E-state index < -0.39 is 16.4 Å². The second-order valence-electron chi connectivity index (χ2n) is 0.214. The summed E-state index contributed by atoms with van der Waals surface area (Å²) < 4.78 is 0. The van der Waals surface area contributed by atoms with Gasteiger partial charge in [0.25, 0.3) is 0 Å². The molecule has 0 rings (SSSR count). The molecule has 0 nitrogen and oxygen atoms in total. The molecule has 0 N–H and O–H groups in total. The Balaban J connectivity index is 0. The van der Waals surface area contributed by atoms with Crippen LogP contribution in [0.4, 0.5) is 0 Å². The first-order valence-corrected chi connectivity index (χ1v) is 11.4. The van der Waals surface area contributed by atoms with Crippen molar-refractivity contribution in [1.29, 1.82) is 0 Å². The molecule has 2 radical (unpaired) electrons. The summed E-state index contributed by atoms with van der Waals surface area (Å²) in [6, 6.07) is 0. The Morgan fingerprint density at radius 3 is 1.00 bits per heavy atom. The van der Waals surface area contributed by atoms with Gasteiger partial charge in [0.2, 0.25) is 0 Å². The number of rotatable bonds is 0. The SMILES string of the molecule is [Cl][Sn]([Cl])[Cl].[Cs]. The van der Waals surface area contributed by atoms with Crippen molar-refractivity contribution in [3.05, 3.63) is 0 Å². The van der Waals surface area contributed by atoms with E-state index in [9.17, 15) is 0 Å². The fraction of sp³-hybridized carbons (Fsp3) is 0. The van der Waals surface area contributed by atoms with Crippen LogP contribution in [0.2, 0.25) is 0 Å². The minimum absolute atomic E-state index is 0. The first-order chi connectivity index (χ1) is 1.73. The molecule has 0 aliphatic rings. The van der Waals surface area contributed by atoms with Crippen molar-refractivity contribution in [3.8, 4) is 0 Å². The van der Waals surface area contributed by atoms with Gasteiger partial charge in [0.05, 0.1) is 0 Å². The van der Waals surface area contributed by atoms with Crippen molar-refractivity contribution < 1.29 is 0 Å². The minimum atomic E-state index is -2.13. The summed E-state index contributed by atoms with van der Waals surface area (Å²) in [6.45, 7) is 0. The summed E-state index contributed by atoms with van der Waals surface area (Å²) in [5.41, 5.74) is 0. The predicted octanol–water partition coefficient (Wildman–Crippen LogP) is 1.31. The van der Waals surface area contributed by atoms with E-state index >= 15 is 0 Å². The number of hydrogen-bond donors (Lipinski definition) is 0. The van der Waals surface area contributed by atoms with Crippen molar-refractivity contribution >= 4 is 112 Å². The van der Waals surface area contributed by atoms with Crippen LogP contribution in [-0.2, 0) is 0 Å². The quantitative estimate of drug-likeness (QED) is 0.573. The fourth-order valence-corrected chi connectivity index (χ4v) is 0. The molecule has 0 fully saturated rings. The molecular formula is Cl3CsSn. The Labute approximate surface area is 108 Å². The number of hydrogen-bond acceptors (Lipinski definition) is 0. The van der Waals surface area contributed by atoms with Crippen LogP contribution < -0.4 is 0 Å². The summed E-state index contributed by atoms with van der Waals surface area (Å²) in [6.07, 6.45) is 0. The van der Waals surface area contributed by atoms with E-state index in [0.717, 1.165) is 0 Å². The molecule has 0 aliphatic heterocycles. The molecule has 0 aromatic carbocycles. The first kappa shape index (κ1) is 11.5. The molecule has 0 aliphatic carbocycles. The summed E-state index contributed by atoms with van der Waals surface area (Å²) in [5.74, 6) is 0.